The summed E-state index contributed by atoms with van der Waals surface area (Å²) in [6, 6.07) is 3.90. The number of likely N-dealkylation sites (N-methyl/N-ethyl adjacent to an activating group) is 1. The molecule has 0 aromatic heterocycles. The highest BCUT2D eigenvalue weighted by atomic mass is 19.1. The summed E-state index contributed by atoms with van der Waals surface area (Å²) < 4.78 is 18.0. The number of amides is 2. The molecule has 0 bridgehead atoms. The van der Waals surface area contributed by atoms with Crippen molar-refractivity contribution in [2.24, 2.45) is 0 Å². The standard InChI is InChI=1S/C14H17FN2O4/c1-3-16-12(18)7-17-13(19)8-21-14(20)10-5-4-9(2)11(15)6-10/h4-6H,3,7-8H2,1-2H3,(H,16,18)(H,17,19). The van der Waals surface area contributed by atoms with E-state index in [1.54, 1.807) is 13.8 Å². The van der Waals surface area contributed by atoms with Gasteiger partial charge in [0, 0.05) is 6.54 Å². The van der Waals surface area contributed by atoms with E-state index in [4.69, 9.17) is 4.74 Å². The minimum absolute atomic E-state index is 0.0228. The summed E-state index contributed by atoms with van der Waals surface area (Å²) in [6.07, 6.45) is 0. The molecule has 1 aromatic carbocycles. The topological polar surface area (TPSA) is 84.5 Å². The Morgan fingerprint density at radius 1 is 1.19 bits per heavy atom. The van der Waals surface area contributed by atoms with E-state index in [0.717, 1.165) is 6.07 Å². The highest BCUT2D eigenvalue weighted by Crippen LogP contribution is 2.10. The molecule has 0 aliphatic heterocycles. The molecule has 6 nitrogen and oxygen atoms in total. The van der Waals surface area contributed by atoms with Crippen LogP contribution in [0.15, 0.2) is 18.2 Å². The normalized spacial score (nSPS) is 9.86. The van der Waals surface area contributed by atoms with Gasteiger partial charge >= 0.3 is 5.97 Å². The molecule has 0 unspecified atom stereocenters. The number of benzene rings is 1. The number of carbonyl (C=O) groups is 3. The summed E-state index contributed by atoms with van der Waals surface area (Å²) in [5.41, 5.74) is 0.431. The van der Waals surface area contributed by atoms with Crippen LogP contribution in [0.2, 0.25) is 0 Å². The second kappa shape index (κ2) is 7.98. The second-order valence-corrected chi connectivity index (χ2v) is 4.27. The smallest absolute Gasteiger partial charge is 0.338 e. The maximum absolute atomic E-state index is 13.3. The number of ether oxygens (including phenoxy) is 1. The molecule has 0 fully saturated rings. The van der Waals surface area contributed by atoms with Crippen molar-refractivity contribution in [2.75, 3.05) is 19.7 Å². The van der Waals surface area contributed by atoms with Crippen LogP contribution in [0.25, 0.3) is 0 Å². The summed E-state index contributed by atoms with van der Waals surface area (Å²) in [7, 11) is 0. The molecule has 0 aliphatic carbocycles. The van der Waals surface area contributed by atoms with Crippen molar-refractivity contribution in [3.63, 3.8) is 0 Å². The first-order chi connectivity index (χ1) is 9.93. The Morgan fingerprint density at radius 3 is 2.52 bits per heavy atom. The molecular weight excluding hydrogens is 279 g/mol. The molecule has 0 saturated heterocycles. The van der Waals surface area contributed by atoms with Crippen LogP contribution in [0.1, 0.15) is 22.8 Å². The summed E-state index contributed by atoms with van der Waals surface area (Å²) in [5.74, 6) is -2.27. The van der Waals surface area contributed by atoms with Gasteiger partial charge in [-0.2, -0.15) is 0 Å². The van der Waals surface area contributed by atoms with Crippen LogP contribution in [0.3, 0.4) is 0 Å². The van der Waals surface area contributed by atoms with Gasteiger partial charge in [0.1, 0.15) is 5.82 Å². The predicted molar refractivity (Wildman–Crippen MR) is 73.1 cm³/mol. The second-order valence-electron chi connectivity index (χ2n) is 4.27. The third-order valence-electron chi connectivity index (χ3n) is 2.56. The number of aryl methyl sites for hydroxylation is 1. The van der Waals surface area contributed by atoms with Crippen molar-refractivity contribution in [3.8, 4) is 0 Å². The molecule has 114 valence electrons. The lowest BCUT2D eigenvalue weighted by Crippen LogP contribution is -2.38. The van der Waals surface area contributed by atoms with Gasteiger partial charge in [-0.05, 0) is 31.5 Å². The summed E-state index contributed by atoms with van der Waals surface area (Å²) in [4.78, 5) is 34.1. The monoisotopic (exact) mass is 296 g/mol. The zero-order chi connectivity index (χ0) is 15.8. The molecule has 0 spiro atoms. The lowest BCUT2D eigenvalue weighted by molar-refractivity contribution is -0.127. The predicted octanol–water partition coefficient (Wildman–Crippen LogP) is 0.543. The minimum atomic E-state index is -0.804. The Bertz CT molecular complexity index is 546. The van der Waals surface area contributed by atoms with Gasteiger partial charge in [0.25, 0.3) is 5.91 Å². The molecule has 0 radical (unpaired) electrons. The van der Waals surface area contributed by atoms with Crippen LogP contribution in [-0.4, -0.2) is 37.5 Å². The van der Waals surface area contributed by atoms with Crippen LogP contribution in [-0.2, 0) is 14.3 Å². The van der Waals surface area contributed by atoms with Gasteiger partial charge in [-0.3, -0.25) is 9.59 Å². The molecule has 1 aromatic rings. The minimum Gasteiger partial charge on any atom is -0.452 e. The van der Waals surface area contributed by atoms with Crippen LogP contribution in [0.4, 0.5) is 4.39 Å². The number of halogens is 1. The van der Waals surface area contributed by atoms with Crippen LogP contribution >= 0.6 is 0 Å². The quantitative estimate of drug-likeness (QED) is 0.751. The van der Waals surface area contributed by atoms with Gasteiger partial charge in [-0.25, -0.2) is 9.18 Å². The van der Waals surface area contributed by atoms with Gasteiger partial charge in [0.05, 0.1) is 12.1 Å². The Hall–Kier alpha value is -2.44. The maximum Gasteiger partial charge on any atom is 0.338 e. The zero-order valence-electron chi connectivity index (χ0n) is 11.9. The number of hydrogen-bond donors (Lipinski definition) is 2. The number of hydrogen-bond acceptors (Lipinski definition) is 4. The van der Waals surface area contributed by atoms with Crippen molar-refractivity contribution in [1.29, 1.82) is 0 Å². The Labute approximate surface area is 121 Å². The summed E-state index contributed by atoms with van der Waals surface area (Å²) in [5, 5.41) is 4.79. The third-order valence-corrected chi connectivity index (χ3v) is 2.56. The van der Waals surface area contributed by atoms with Crippen molar-refractivity contribution in [1.82, 2.24) is 10.6 Å². The zero-order valence-corrected chi connectivity index (χ0v) is 11.9. The lowest BCUT2D eigenvalue weighted by atomic mass is 10.1. The highest BCUT2D eigenvalue weighted by molar-refractivity contribution is 5.92. The first-order valence-electron chi connectivity index (χ1n) is 6.40. The number of carbonyl (C=O) groups excluding carboxylic acids is 3. The molecular formula is C14H17FN2O4. The molecule has 21 heavy (non-hydrogen) atoms. The van der Waals surface area contributed by atoms with E-state index in [0.29, 0.717) is 12.1 Å². The van der Waals surface area contributed by atoms with E-state index < -0.39 is 24.3 Å². The molecule has 7 heteroatoms. The number of nitrogens with one attached hydrogen (secondary N) is 2. The van der Waals surface area contributed by atoms with E-state index >= 15 is 0 Å². The molecule has 1 rings (SSSR count). The van der Waals surface area contributed by atoms with Crippen LogP contribution in [0.5, 0.6) is 0 Å². The van der Waals surface area contributed by atoms with E-state index in [2.05, 4.69) is 10.6 Å². The first-order valence-corrected chi connectivity index (χ1v) is 6.40. The molecule has 2 N–H and O–H groups in total. The number of esters is 1. The van der Waals surface area contributed by atoms with Crippen LogP contribution in [0, 0.1) is 12.7 Å². The molecule has 0 aliphatic rings. The fourth-order valence-corrected chi connectivity index (χ4v) is 1.42. The first kappa shape index (κ1) is 16.6. The molecule has 0 atom stereocenters. The van der Waals surface area contributed by atoms with E-state index in [1.807, 2.05) is 0 Å². The van der Waals surface area contributed by atoms with Crippen molar-refractivity contribution >= 4 is 17.8 Å². The maximum atomic E-state index is 13.3. The van der Waals surface area contributed by atoms with Crippen molar-refractivity contribution in [2.45, 2.75) is 13.8 Å². The van der Waals surface area contributed by atoms with Gasteiger partial charge in [-0.15, -0.1) is 0 Å². The van der Waals surface area contributed by atoms with Gasteiger partial charge in [0.15, 0.2) is 6.61 Å². The number of rotatable bonds is 6. The fraction of sp³-hybridized carbons (Fsp3) is 0.357. The van der Waals surface area contributed by atoms with E-state index in [9.17, 15) is 18.8 Å². The van der Waals surface area contributed by atoms with Crippen molar-refractivity contribution < 1.29 is 23.5 Å². The lowest BCUT2D eigenvalue weighted by Gasteiger charge is -2.07. The summed E-state index contributed by atoms with van der Waals surface area (Å²) >= 11 is 0. The Morgan fingerprint density at radius 2 is 1.90 bits per heavy atom. The fourth-order valence-electron chi connectivity index (χ4n) is 1.42. The SMILES string of the molecule is CCNC(=O)CNC(=O)COC(=O)c1ccc(C)c(F)c1. The van der Waals surface area contributed by atoms with E-state index in [1.165, 1.54) is 12.1 Å². The molecule has 2 amide bonds. The van der Waals surface area contributed by atoms with Gasteiger partial charge in [-0.1, -0.05) is 6.07 Å². The van der Waals surface area contributed by atoms with E-state index in [-0.39, 0.29) is 18.0 Å². The summed E-state index contributed by atoms with van der Waals surface area (Å²) in [6.45, 7) is 3.06. The third kappa shape index (κ3) is 5.60. The van der Waals surface area contributed by atoms with Crippen molar-refractivity contribution in [3.05, 3.63) is 35.1 Å². The molecule has 0 heterocycles. The highest BCUT2D eigenvalue weighted by Gasteiger charge is 2.12. The largest absolute Gasteiger partial charge is 0.452 e. The van der Waals surface area contributed by atoms with Gasteiger partial charge < -0.3 is 15.4 Å². The molecule has 0 saturated carbocycles. The van der Waals surface area contributed by atoms with Crippen LogP contribution < -0.4 is 10.6 Å². The Balaban J connectivity index is 2.40. The van der Waals surface area contributed by atoms with Gasteiger partial charge in [0.2, 0.25) is 5.91 Å². The average Bonchev–Trinajstić information content (AvgIpc) is 2.45. The average molecular weight is 296 g/mol. The Kier molecular flexibility index (Phi) is 6.32.